The first kappa shape index (κ1) is 11.6. The zero-order valence-electron chi connectivity index (χ0n) is 8.59. The first-order chi connectivity index (χ1) is 8.18. The molecule has 0 spiro atoms. The average molecular weight is 253 g/mol. The fourth-order valence-corrected chi connectivity index (χ4v) is 2.19. The molecule has 1 aromatic heterocycles. The number of nitrogens with one attached hydrogen (secondary N) is 1. The summed E-state index contributed by atoms with van der Waals surface area (Å²) in [5.41, 5.74) is -0.122. The number of hydrogen-bond acceptors (Lipinski definition) is 4. The van der Waals surface area contributed by atoms with E-state index in [2.05, 4.69) is 9.97 Å². The van der Waals surface area contributed by atoms with Crippen molar-refractivity contribution in [3.05, 3.63) is 52.1 Å². The van der Waals surface area contributed by atoms with Gasteiger partial charge >= 0.3 is 0 Å². The van der Waals surface area contributed by atoms with Gasteiger partial charge in [-0.05, 0) is 6.07 Å². The summed E-state index contributed by atoms with van der Waals surface area (Å²) in [6.45, 7) is 0. The Balaban J connectivity index is 2.22. The van der Waals surface area contributed by atoms with Crippen molar-refractivity contribution in [2.75, 3.05) is 0 Å². The van der Waals surface area contributed by atoms with Gasteiger partial charge in [0.1, 0.15) is 5.82 Å². The van der Waals surface area contributed by atoms with Gasteiger partial charge in [-0.25, -0.2) is 9.37 Å². The number of thioether (sulfide) groups is 1. The smallest absolute Gasteiger partial charge is 0.276 e. The third kappa shape index (κ3) is 2.62. The molecule has 1 aromatic carbocycles. The minimum absolute atomic E-state index is 0.0823. The zero-order valence-corrected chi connectivity index (χ0v) is 9.41. The highest BCUT2D eigenvalue weighted by atomic mass is 32.2. The summed E-state index contributed by atoms with van der Waals surface area (Å²) in [5, 5.41) is 11.3. The van der Waals surface area contributed by atoms with Crippen LogP contribution in [0.15, 0.2) is 35.7 Å². The molecule has 1 N–H and O–H groups in total. The number of H-pyrrole nitrogens is 1. The fraction of sp³-hybridized carbons (Fsp3) is 0.100. The van der Waals surface area contributed by atoms with Crippen molar-refractivity contribution in [3.8, 4) is 0 Å². The van der Waals surface area contributed by atoms with E-state index in [1.807, 2.05) is 0 Å². The molecule has 17 heavy (non-hydrogen) atoms. The molecule has 0 atom stereocenters. The number of halogens is 1. The second-order valence-corrected chi connectivity index (χ2v) is 4.14. The molecule has 0 aliphatic carbocycles. The van der Waals surface area contributed by atoms with E-state index >= 15 is 0 Å². The number of nitro benzene ring substituents is 1. The van der Waals surface area contributed by atoms with Crippen molar-refractivity contribution in [2.45, 2.75) is 10.9 Å². The maximum Gasteiger partial charge on any atom is 0.276 e. The Morgan fingerprint density at radius 1 is 1.53 bits per heavy atom. The molecule has 0 aliphatic heterocycles. The van der Waals surface area contributed by atoms with Crippen molar-refractivity contribution >= 4 is 17.4 Å². The van der Waals surface area contributed by atoms with Crippen LogP contribution in [0.2, 0.25) is 0 Å². The molecule has 7 heteroatoms. The van der Waals surface area contributed by atoms with Crippen LogP contribution in [0.4, 0.5) is 10.1 Å². The second-order valence-electron chi connectivity index (χ2n) is 3.18. The number of nitro groups is 1. The maximum atomic E-state index is 13.5. The molecule has 0 unspecified atom stereocenters. The van der Waals surface area contributed by atoms with Gasteiger partial charge in [0.25, 0.3) is 5.69 Å². The highest BCUT2D eigenvalue weighted by Crippen LogP contribution is 2.28. The molecule has 1 heterocycles. The molecule has 0 saturated heterocycles. The number of hydrogen-bond donors (Lipinski definition) is 1. The van der Waals surface area contributed by atoms with Crippen molar-refractivity contribution in [3.63, 3.8) is 0 Å². The van der Waals surface area contributed by atoms with E-state index < -0.39 is 10.7 Å². The van der Waals surface area contributed by atoms with Crippen LogP contribution in [-0.2, 0) is 5.75 Å². The van der Waals surface area contributed by atoms with E-state index in [1.54, 1.807) is 12.4 Å². The monoisotopic (exact) mass is 253 g/mol. The van der Waals surface area contributed by atoms with E-state index in [-0.39, 0.29) is 17.0 Å². The van der Waals surface area contributed by atoms with Gasteiger partial charge in [-0.15, -0.1) is 0 Å². The lowest BCUT2D eigenvalue weighted by Gasteiger charge is -2.02. The average Bonchev–Trinajstić information content (AvgIpc) is 2.80. The van der Waals surface area contributed by atoms with Crippen molar-refractivity contribution in [1.82, 2.24) is 9.97 Å². The lowest BCUT2D eigenvalue weighted by molar-refractivity contribution is -0.385. The lowest BCUT2D eigenvalue weighted by Crippen LogP contribution is -1.97. The van der Waals surface area contributed by atoms with E-state index in [0.29, 0.717) is 5.16 Å². The Bertz CT molecular complexity index is 530. The van der Waals surface area contributed by atoms with E-state index in [9.17, 15) is 14.5 Å². The first-order valence-corrected chi connectivity index (χ1v) is 5.71. The first-order valence-electron chi connectivity index (χ1n) is 4.72. The van der Waals surface area contributed by atoms with Crippen molar-refractivity contribution in [1.29, 1.82) is 0 Å². The zero-order chi connectivity index (χ0) is 12.3. The van der Waals surface area contributed by atoms with Crippen LogP contribution in [-0.4, -0.2) is 14.9 Å². The number of nitrogens with zero attached hydrogens (tertiary/aromatic N) is 2. The molecule has 0 bridgehead atoms. The summed E-state index contributed by atoms with van der Waals surface area (Å²) in [6, 6.07) is 3.83. The SMILES string of the molecule is O=[N+]([O-])c1cccc(F)c1CSc1ncc[nH]1. The normalized spacial score (nSPS) is 10.4. The molecule has 2 rings (SSSR count). The summed E-state index contributed by atoms with van der Waals surface area (Å²) >= 11 is 1.21. The summed E-state index contributed by atoms with van der Waals surface area (Å²) in [7, 11) is 0. The summed E-state index contributed by atoms with van der Waals surface area (Å²) in [4.78, 5) is 16.9. The van der Waals surface area contributed by atoms with Crippen molar-refractivity contribution < 1.29 is 9.31 Å². The van der Waals surface area contributed by atoms with Crippen LogP contribution in [0.5, 0.6) is 0 Å². The molecule has 0 radical (unpaired) electrons. The van der Waals surface area contributed by atoms with Gasteiger partial charge in [-0.2, -0.15) is 0 Å². The predicted molar refractivity (Wildman–Crippen MR) is 61.2 cm³/mol. The van der Waals surface area contributed by atoms with Gasteiger partial charge in [0, 0.05) is 24.2 Å². The summed E-state index contributed by atoms with van der Waals surface area (Å²) < 4.78 is 13.5. The van der Waals surface area contributed by atoms with E-state index in [0.717, 1.165) is 0 Å². The highest BCUT2D eigenvalue weighted by molar-refractivity contribution is 7.98. The summed E-state index contributed by atoms with van der Waals surface area (Å²) in [5.74, 6) is -0.408. The van der Waals surface area contributed by atoms with Crippen LogP contribution >= 0.6 is 11.8 Å². The largest absolute Gasteiger partial charge is 0.340 e. The topological polar surface area (TPSA) is 71.8 Å². The quantitative estimate of drug-likeness (QED) is 0.516. The van der Waals surface area contributed by atoms with Crippen LogP contribution in [0.3, 0.4) is 0 Å². The molecule has 5 nitrogen and oxygen atoms in total. The Hall–Kier alpha value is -1.89. The fourth-order valence-electron chi connectivity index (χ4n) is 1.33. The van der Waals surface area contributed by atoms with Crippen LogP contribution < -0.4 is 0 Å². The van der Waals surface area contributed by atoms with Crippen molar-refractivity contribution in [2.24, 2.45) is 0 Å². The molecule has 0 fully saturated rings. The molecule has 88 valence electrons. The minimum Gasteiger partial charge on any atom is -0.340 e. The van der Waals surface area contributed by atoms with Crippen LogP contribution in [0.25, 0.3) is 0 Å². The van der Waals surface area contributed by atoms with Gasteiger partial charge in [0.05, 0.1) is 10.5 Å². The van der Waals surface area contributed by atoms with Gasteiger partial charge in [0.2, 0.25) is 0 Å². The molecule has 2 aromatic rings. The molecule has 0 amide bonds. The number of aromatic nitrogens is 2. The number of imidazole rings is 1. The van der Waals surface area contributed by atoms with Crippen LogP contribution in [0.1, 0.15) is 5.56 Å². The van der Waals surface area contributed by atoms with Crippen LogP contribution in [0, 0.1) is 15.9 Å². The lowest BCUT2D eigenvalue weighted by atomic mass is 10.2. The van der Waals surface area contributed by atoms with Gasteiger partial charge in [-0.3, -0.25) is 10.1 Å². The summed E-state index contributed by atoms with van der Waals surface area (Å²) in [6.07, 6.45) is 3.20. The number of aromatic amines is 1. The van der Waals surface area contributed by atoms with Gasteiger partial charge in [0.15, 0.2) is 5.16 Å². The van der Waals surface area contributed by atoms with E-state index in [1.165, 1.54) is 30.0 Å². The second kappa shape index (κ2) is 4.96. The Morgan fingerprint density at radius 3 is 3.00 bits per heavy atom. The Labute approximate surface area is 100 Å². The van der Waals surface area contributed by atoms with E-state index in [4.69, 9.17) is 0 Å². The molecular formula is C10H8FN3O2S. The Kier molecular flexibility index (Phi) is 3.38. The minimum atomic E-state index is -0.582. The van der Waals surface area contributed by atoms with Gasteiger partial charge in [-0.1, -0.05) is 17.8 Å². The molecule has 0 aliphatic rings. The van der Waals surface area contributed by atoms with Gasteiger partial charge < -0.3 is 4.98 Å². The number of rotatable bonds is 4. The highest BCUT2D eigenvalue weighted by Gasteiger charge is 2.17. The Morgan fingerprint density at radius 2 is 2.35 bits per heavy atom. The molecule has 0 saturated carbocycles. The number of benzene rings is 1. The third-order valence-electron chi connectivity index (χ3n) is 2.12. The predicted octanol–water partition coefficient (Wildman–Crippen LogP) is 2.75. The maximum absolute atomic E-state index is 13.5. The molecular weight excluding hydrogens is 245 g/mol. The third-order valence-corrected chi connectivity index (χ3v) is 3.05. The standard InChI is InChI=1S/C10H8FN3O2S/c11-8-2-1-3-9(14(15)16)7(8)6-17-10-12-4-5-13-10/h1-5H,6H2,(H,12,13).